The molecule has 1 N–H and O–H groups in total. The maximum Gasteiger partial charge on any atom is 0.255 e. The van der Waals surface area contributed by atoms with E-state index in [9.17, 15) is 17.6 Å². The zero-order chi connectivity index (χ0) is 22.3. The summed E-state index contributed by atoms with van der Waals surface area (Å²) in [5.41, 5.74) is 3.10. The molecule has 0 aliphatic carbocycles. The molecule has 0 aromatic heterocycles. The van der Waals surface area contributed by atoms with E-state index < -0.39 is 28.3 Å². The van der Waals surface area contributed by atoms with Crippen molar-refractivity contribution in [3.63, 3.8) is 0 Å². The van der Waals surface area contributed by atoms with Crippen LogP contribution in [-0.4, -0.2) is 31.4 Å². The lowest BCUT2D eigenvalue weighted by Gasteiger charge is -2.21. The molecule has 0 unspecified atom stereocenters. The van der Waals surface area contributed by atoms with Crippen molar-refractivity contribution in [2.75, 3.05) is 6.54 Å². The van der Waals surface area contributed by atoms with Crippen LogP contribution in [0.15, 0.2) is 88.9 Å². The van der Waals surface area contributed by atoms with Gasteiger partial charge in [-0.15, -0.1) is 0 Å². The highest BCUT2D eigenvalue weighted by molar-refractivity contribution is 7.89. The van der Waals surface area contributed by atoms with Crippen LogP contribution in [-0.2, 0) is 21.4 Å². The Morgan fingerprint density at radius 2 is 1.65 bits per heavy atom. The molecule has 0 radical (unpaired) electrons. The molecule has 160 valence electrons. The van der Waals surface area contributed by atoms with Gasteiger partial charge in [0.2, 0.25) is 10.0 Å². The van der Waals surface area contributed by atoms with E-state index in [2.05, 4.69) is 10.5 Å². The Bertz CT molecular complexity index is 1170. The summed E-state index contributed by atoms with van der Waals surface area (Å²) in [7, 11) is -3.96. The third-order valence-corrected chi connectivity index (χ3v) is 6.33. The molecule has 0 spiro atoms. The van der Waals surface area contributed by atoms with E-state index in [1.165, 1.54) is 30.3 Å². The third kappa shape index (κ3) is 6.21. The van der Waals surface area contributed by atoms with Gasteiger partial charge in [-0.3, -0.25) is 4.79 Å². The van der Waals surface area contributed by atoms with Crippen LogP contribution in [0.2, 0.25) is 5.02 Å². The van der Waals surface area contributed by atoms with Gasteiger partial charge >= 0.3 is 0 Å². The highest BCUT2D eigenvalue weighted by Crippen LogP contribution is 2.19. The second kappa shape index (κ2) is 10.3. The highest BCUT2D eigenvalue weighted by atomic mass is 35.5. The summed E-state index contributed by atoms with van der Waals surface area (Å²) in [6.45, 7) is -0.521. The molecule has 1 amide bonds. The predicted octanol–water partition coefficient (Wildman–Crippen LogP) is 3.82. The lowest BCUT2D eigenvalue weighted by atomic mass is 10.2. The van der Waals surface area contributed by atoms with E-state index >= 15 is 0 Å². The fraction of sp³-hybridized carbons (Fsp3) is 0.0909. The number of sulfonamides is 1. The van der Waals surface area contributed by atoms with E-state index in [4.69, 9.17) is 11.6 Å². The molecule has 0 saturated heterocycles. The first kappa shape index (κ1) is 22.6. The van der Waals surface area contributed by atoms with Crippen molar-refractivity contribution in [2.24, 2.45) is 5.10 Å². The number of halogens is 2. The fourth-order valence-electron chi connectivity index (χ4n) is 2.71. The molecule has 0 heterocycles. The number of benzene rings is 3. The average molecular weight is 460 g/mol. The number of nitrogens with zero attached hydrogens (tertiary/aromatic N) is 2. The van der Waals surface area contributed by atoms with E-state index in [1.807, 2.05) is 0 Å². The van der Waals surface area contributed by atoms with Crippen molar-refractivity contribution in [3.05, 3.63) is 101 Å². The molecule has 0 aliphatic rings. The smallest absolute Gasteiger partial charge is 0.255 e. The quantitative estimate of drug-likeness (QED) is 0.411. The number of amides is 1. The maximum atomic E-state index is 13.6. The number of carbonyl (C=O) groups excluding carboxylic acids is 1. The average Bonchev–Trinajstić information content (AvgIpc) is 2.77. The normalized spacial score (nSPS) is 11.7. The van der Waals surface area contributed by atoms with Crippen molar-refractivity contribution >= 4 is 33.7 Å². The van der Waals surface area contributed by atoms with Gasteiger partial charge in [0.1, 0.15) is 5.82 Å². The van der Waals surface area contributed by atoms with Gasteiger partial charge in [0.25, 0.3) is 5.91 Å². The van der Waals surface area contributed by atoms with Crippen molar-refractivity contribution in [3.8, 4) is 0 Å². The Balaban J connectivity index is 1.78. The monoisotopic (exact) mass is 459 g/mol. The molecular weight excluding hydrogens is 441 g/mol. The molecule has 3 aromatic carbocycles. The molecule has 0 atom stereocenters. The predicted molar refractivity (Wildman–Crippen MR) is 118 cm³/mol. The largest absolute Gasteiger partial charge is 0.272 e. The summed E-state index contributed by atoms with van der Waals surface area (Å²) in [6.07, 6.45) is 1.16. The number of rotatable bonds is 8. The number of hydrogen-bond acceptors (Lipinski definition) is 4. The lowest BCUT2D eigenvalue weighted by molar-refractivity contribution is -0.121. The van der Waals surface area contributed by atoms with Gasteiger partial charge in [-0.25, -0.2) is 18.2 Å². The van der Waals surface area contributed by atoms with E-state index in [0.29, 0.717) is 10.6 Å². The van der Waals surface area contributed by atoms with Crippen LogP contribution in [0.1, 0.15) is 11.1 Å². The summed E-state index contributed by atoms with van der Waals surface area (Å²) in [4.78, 5) is 12.5. The van der Waals surface area contributed by atoms with Gasteiger partial charge in [0.05, 0.1) is 17.7 Å². The summed E-state index contributed by atoms with van der Waals surface area (Å²) in [5.74, 6) is -1.16. The second-order valence-corrected chi connectivity index (χ2v) is 8.90. The Hall–Kier alpha value is -3.07. The first-order valence-electron chi connectivity index (χ1n) is 9.22. The van der Waals surface area contributed by atoms with Gasteiger partial charge in [-0.1, -0.05) is 60.1 Å². The van der Waals surface area contributed by atoms with Gasteiger partial charge in [0, 0.05) is 17.1 Å². The molecule has 3 rings (SSSR count). The van der Waals surface area contributed by atoms with Gasteiger partial charge < -0.3 is 0 Å². The van der Waals surface area contributed by atoms with E-state index in [-0.39, 0.29) is 17.0 Å². The summed E-state index contributed by atoms with van der Waals surface area (Å²) in [6, 6.07) is 20.4. The van der Waals surface area contributed by atoms with Crippen LogP contribution in [0.3, 0.4) is 0 Å². The first-order valence-corrected chi connectivity index (χ1v) is 11.0. The zero-order valence-corrected chi connectivity index (χ0v) is 17.9. The molecule has 0 bridgehead atoms. The number of hydrazone groups is 1. The van der Waals surface area contributed by atoms with Crippen LogP contribution < -0.4 is 5.43 Å². The molecule has 31 heavy (non-hydrogen) atoms. The van der Waals surface area contributed by atoms with Crippen molar-refractivity contribution < 1.29 is 17.6 Å². The van der Waals surface area contributed by atoms with Crippen LogP contribution in [0.25, 0.3) is 0 Å². The van der Waals surface area contributed by atoms with Crippen molar-refractivity contribution in [1.29, 1.82) is 0 Å². The Kier molecular flexibility index (Phi) is 7.51. The molecule has 0 saturated carbocycles. The van der Waals surface area contributed by atoms with Crippen molar-refractivity contribution in [2.45, 2.75) is 11.4 Å². The summed E-state index contributed by atoms with van der Waals surface area (Å²) in [5, 5.41) is 4.24. The minimum absolute atomic E-state index is 0.0428. The second-order valence-electron chi connectivity index (χ2n) is 6.53. The molecular formula is C22H19ClFN3O3S. The summed E-state index contributed by atoms with van der Waals surface area (Å²) < 4.78 is 40.9. The molecule has 9 heteroatoms. The minimum Gasteiger partial charge on any atom is -0.272 e. The van der Waals surface area contributed by atoms with Crippen LogP contribution >= 0.6 is 11.6 Å². The lowest BCUT2D eigenvalue weighted by Crippen LogP contribution is -2.39. The molecule has 0 aliphatic heterocycles. The maximum absolute atomic E-state index is 13.6. The fourth-order valence-corrected chi connectivity index (χ4v) is 4.24. The number of carbonyl (C=O) groups is 1. The number of nitrogens with one attached hydrogen (secondary N) is 1. The molecule has 0 fully saturated rings. The van der Waals surface area contributed by atoms with Gasteiger partial charge in [0.15, 0.2) is 0 Å². The van der Waals surface area contributed by atoms with Crippen molar-refractivity contribution in [1.82, 2.24) is 9.73 Å². The Morgan fingerprint density at radius 3 is 2.32 bits per heavy atom. The number of hydrogen-bond donors (Lipinski definition) is 1. The topological polar surface area (TPSA) is 78.8 Å². The van der Waals surface area contributed by atoms with Crippen LogP contribution in [0.4, 0.5) is 4.39 Å². The van der Waals surface area contributed by atoms with E-state index in [1.54, 1.807) is 48.5 Å². The summed E-state index contributed by atoms with van der Waals surface area (Å²) >= 11 is 5.90. The molecule has 6 nitrogen and oxygen atoms in total. The standard InChI is InChI=1S/C22H19ClFN3O3S/c23-19-12-10-17(11-13-19)15-27(31(29,30)20-7-2-1-3-8-20)16-22(28)26-25-14-18-6-4-5-9-21(18)24/h1-14H,15-16H2,(H,26,28). The van der Waals surface area contributed by atoms with Gasteiger partial charge in [-0.05, 0) is 35.9 Å². The zero-order valence-electron chi connectivity index (χ0n) is 16.3. The SMILES string of the molecule is O=C(CN(Cc1ccc(Cl)cc1)S(=O)(=O)c1ccccc1)NN=Cc1ccccc1F. The highest BCUT2D eigenvalue weighted by Gasteiger charge is 2.26. The minimum atomic E-state index is -3.96. The van der Waals surface area contributed by atoms with Crippen LogP contribution in [0, 0.1) is 5.82 Å². The molecule has 3 aromatic rings. The van der Waals surface area contributed by atoms with E-state index in [0.717, 1.165) is 10.5 Å². The third-order valence-electron chi connectivity index (χ3n) is 4.27. The Morgan fingerprint density at radius 1 is 1.00 bits per heavy atom. The Labute approximate surface area is 185 Å². The van der Waals surface area contributed by atoms with Crippen LogP contribution in [0.5, 0.6) is 0 Å². The van der Waals surface area contributed by atoms with Gasteiger partial charge in [-0.2, -0.15) is 9.41 Å². The first-order chi connectivity index (χ1) is 14.9.